The Morgan fingerprint density at radius 2 is 2.32 bits per heavy atom. The van der Waals surface area contributed by atoms with Crippen LogP contribution in [0.3, 0.4) is 0 Å². The standard InChI is InChI=1S/C14H15N5OS2/c15-14-17-10(8-22-14)2-1-4-16-13(20)12-6-11(18-19-12)9-3-5-21-7-9/h3,5-8H,1-2,4H2,(H2,15,17)(H,16,20)(H,18,19). The lowest BCUT2D eigenvalue weighted by atomic mass is 10.2. The van der Waals surface area contributed by atoms with Gasteiger partial charge in [0.2, 0.25) is 0 Å². The third-order valence-corrected chi connectivity index (χ3v) is 4.51. The first kappa shape index (κ1) is 14.7. The fourth-order valence-corrected chi connectivity index (χ4v) is 3.25. The molecule has 6 nitrogen and oxygen atoms in total. The van der Waals surface area contributed by atoms with Crippen molar-refractivity contribution in [2.75, 3.05) is 12.3 Å². The minimum atomic E-state index is -0.147. The van der Waals surface area contributed by atoms with Gasteiger partial charge in [-0.3, -0.25) is 9.89 Å². The van der Waals surface area contributed by atoms with E-state index in [1.807, 2.05) is 22.2 Å². The number of carbonyl (C=O) groups excluding carboxylic acids is 1. The molecule has 1 amide bonds. The van der Waals surface area contributed by atoms with E-state index in [1.54, 1.807) is 17.4 Å². The van der Waals surface area contributed by atoms with Gasteiger partial charge in [0, 0.05) is 22.9 Å². The zero-order valence-electron chi connectivity index (χ0n) is 11.7. The minimum Gasteiger partial charge on any atom is -0.375 e. The molecule has 114 valence electrons. The van der Waals surface area contributed by atoms with Crippen LogP contribution in [-0.2, 0) is 6.42 Å². The van der Waals surface area contributed by atoms with Gasteiger partial charge in [-0.15, -0.1) is 11.3 Å². The lowest BCUT2D eigenvalue weighted by molar-refractivity contribution is 0.0948. The molecule has 0 aromatic carbocycles. The number of thiazole rings is 1. The topological polar surface area (TPSA) is 96.7 Å². The molecule has 0 aliphatic heterocycles. The lowest BCUT2D eigenvalue weighted by Gasteiger charge is -2.02. The van der Waals surface area contributed by atoms with Gasteiger partial charge in [0.1, 0.15) is 5.69 Å². The second-order valence-corrected chi connectivity index (χ2v) is 6.39. The van der Waals surface area contributed by atoms with Crippen molar-refractivity contribution >= 4 is 33.7 Å². The summed E-state index contributed by atoms with van der Waals surface area (Å²) in [5.41, 5.74) is 8.82. The minimum absolute atomic E-state index is 0.147. The summed E-state index contributed by atoms with van der Waals surface area (Å²) < 4.78 is 0. The van der Waals surface area contributed by atoms with Crippen LogP contribution in [0.2, 0.25) is 0 Å². The number of nitrogen functional groups attached to an aromatic ring is 1. The highest BCUT2D eigenvalue weighted by Crippen LogP contribution is 2.20. The Morgan fingerprint density at radius 1 is 1.41 bits per heavy atom. The summed E-state index contributed by atoms with van der Waals surface area (Å²) in [7, 11) is 0. The van der Waals surface area contributed by atoms with E-state index in [0.29, 0.717) is 17.4 Å². The molecule has 0 spiro atoms. The molecule has 0 aliphatic carbocycles. The van der Waals surface area contributed by atoms with Gasteiger partial charge in [-0.05, 0) is 30.4 Å². The zero-order chi connectivity index (χ0) is 15.4. The largest absolute Gasteiger partial charge is 0.375 e. The van der Waals surface area contributed by atoms with Crippen LogP contribution < -0.4 is 11.1 Å². The molecule has 3 rings (SSSR count). The third-order valence-electron chi connectivity index (χ3n) is 3.10. The van der Waals surface area contributed by atoms with Crippen LogP contribution >= 0.6 is 22.7 Å². The number of aromatic nitrogens is 3. The van der Waals surface area contributed by atoms with Crippen molar-refractivity contribution < 1.29 is 4.79 Å². The average molecular weight is 333 g/mol. The van der Waals surface area contributed by atoms with Gasteiger partial charge < -0.3 is 11.1 Å². The molecule has 0 atom stereocenters. The first-order chi connectivity index (χ1) is 10.7. The van der Waals surface area contributed by atoms with E-state index in [4.69, 9.17) is 5.73 Å². The highest BCUT2D eigenvalue weighted by Gasteiger charge is 2.10. The van der Waals surface area contributed by atoms with Gasteiger partial charge >= 0.3 is 0 Å². The van der Waals surface area contributed by atoms with Crippen molar-refractivity contribution in [2.45, 2.75) is 12.8 Å². The van der Waals surface area contributed by atoms with Gasteiger partial charge in [-0.1, -0.05) is 0 Å². The highest BCUT2D eigenvalue weighted by atomic mass is 32.1. The molecule has 0 radical (unpaired) electrons. The van der Waals surface area contributed by atoms with E-state index in [9.17, 15) is 4.79 Å². The number of rotatable bonds is 6. The van der Waals surface area contributed by atoms with Crippen LogP contribution in [0.1, 0.15) is 22.6 Å². The maximum absolute atomic E-state index is 12.0. The molecule has 0 saturated carbocycles. The van der Waals surface area contributed by atoms with E-state index in [-0.39, 0.29) is 5.91 Å². The maximum atomic E-state index is 12.0. The summed E-state index contributed by atoms with van der Waals surface area (Å²) in [5, 5.41) is 16.3. The Morgan fingerprint density at radius 3 is 3.05 bits per heavy atom. The Labute approximate surface area is 135 Å². The molecule has 4 N–H and O–H groups in total. The van der Waals surface area contributed by atoms with Crippen molar-refractivity contribution in [1.29, 1.82) is 0 Å². The van der Waals surface area contributed by atoms with Crippen molar-refractivity contribution in [3.8, 4) is 11.3 Å². The number of aryl methyl sites for hydroxylation is 1. The fraction of sp³-hybridized carbons (Fsp3) is 0.214. The predicted octanol–water partition coefficient (Wildman–Crippen LogP) is 2.54. The second kappa shape index (κ2) is 6.71. The number of nitrogens with one attached hydrogen (secondary N) is 2. The number of hydrogen-bond donors (Lipinski definition) is 3. The summed E-state index contributed by atoms with van der Waals surface area (Å²) in [5.74, 6) is -0.147. The summed E-state index contributed by atoms with van der Waals surface area (Å²) in [6.45, 7) is 0.586. The molecule has 8 heteroatoms. The molecule has 22 heavy (non-hydrogen) atoms. The third kappa shape index (κ3) is 3.52. The predicted molar refractivity (Wildman–Crippen MR) is 89.1 cm³/mol. The van der Waals surface area contributed by atoms with E-state index >= 15 is 0 Å². The van der Waals surface area contributed by atoms with Gasteiger partial charge in [-0.25, -0.2) is 4.98 Å². The maximum Gasteiger partial charge on any atom is 0.269 e. The second-order valence-electron chi connectivity index (χ2n) is 4.72. The summed E-state index contributed by atoms with van der Waals surface area (Å²) in [4.78, 5) is 16.2. The van der Waals surface area contributed by atoms with Gasteiger partial charge in [0.15, 0.2) is 5.13 Å². The molecule has 0 unspecified atom stereocenters. The Bertz CT molecular complexity index is 747. The molecule has 3 heterocycles. The van der Waals surface area contributed by atoms with Crippen LogP contribution in [0.4, 0.5) is 5.13 Å². The summed E-state index contributed by atoms with van der Waals surface area (Å²) in [6, 6.07) is 3.74. The first-order valence-electron chi connectivity index (χ1n) is 6.78. The number of carbonyl (C=O) groups is 1. The van der Waals surface area contributed by atoms with Gasteiger partial charge in [-0.2, -0.15) is 16.4 Å². The van der Waals surface area contributed by atoms with Crippen molar-refractivity contribution in [2.24, 2.45) is 0 Å². The molecule has 3 aromatic heterocycles. The number of hydrogen-bond acceptors (Lipinski definition) is 6. The molecule has 0 aliphatic rings. The van der Waals surface area contributed by atoms with E-state index < -0.39 is 0 Å². The number of H-pyrrole nitrogens is 1. The molecular formula is C14H15N5OS2. The normalized spacial score (nSPS) is 10.7. The molecule has 0 fully saturated rings. The quantitative estimate of drug-likeness (QED) is 0.604. The molecule has 3 aromatic rings. The molecule has 0 saturated heterocycles. The summed E-state index contributed by atoms with van der Waals surface area (Å²) in [6.07, 6.45) is 1.62. The van der Waals surface area contributed by atoms with Crippen LogP contribution in [0, 0.1) is 0 Å². The van der Waals surface area contributed by atoms with Crippen molar-refractivity contribution in [3.05, 3.63) is 39.7 Å². The van der Waals surface area contributed by atoms with E-state index in [2.05, 4.69) is 20.5 Å². The monoisotopic (exact) mass is 333 g/mol. The molecular weight excluding hydrogens is 318 g/mol. The van der Waals surface area contributed by atoms with Crippen molar-refractivity contribution in [1.82, 2.24) is 20.5 Å². The van der Waals surface area contributed by atoms with Crippen LogP contribution in [0.15, 0.2) is 28.3 Å². The number of anilines is 1. The average Bonchev–Trinajstić information content (AvgIpc) is 3.23. The van der Waals surface area contributed by atoms with Gasteiger partial charge in [0.05, 0.1) is 11.4 Å². The highest BCUT2D eigenvalue weighted by molar-refractivity contribution is 7.13. The summed E-state index contributed by atoms with van der Waals surface area (Å²) >= 11 is 3.03. The van der Waals surface area contributed by atoms with Crippen LogP contribution in [0.25, 0.3) is 11.3 Å². The van der Waals surface area contributed by atoms with Crippen LogP contribution in [-0.4, -0.2) is 27.6 Å². The van der Waals surface area contributed by atoms with E-state index in [1.165, 1.54) is 11.3 Å². The number of aromatic amines is 1. The number of amides is 1. The number of nitrogens with two attached hydrogens (primary N) is 1. The van der Waals surface area contributed by atoms with Gasteiger partial charge in [0.25, 0.3) is 5.91 Å². The van der Waals surface area contributed by atoms with Crippen LogP contribution in [0.5, 0.6) is 0 Å². The Balaban J connectivity index is 1.48. The Hall–Kier alpha value is -2.19. The smallest absolute Gasteiger partial charge is 0.269 e. The zero-order valence-corrected chi connectivity index (χ0v) is 13.3. The van der Waals surface area contributed by atoms with Crippen molar-refractivity contribution in [3.63, 3.8) is 0 Å². The van der Waals surface area contributed by atoms with E-state index in [0.717, 1.165) is 29.8 Å². The lowest BCUT2D eigenvalue weighted by Crippen LogP contribution is -2.25. The number of nitrogens with zero attached hydrogens (tertiary/aromatic N) is 2. The SMILES string of the molecule is Nc1nc(CCCNC(=O)c2cc(-c3ccsc3)n[nH]2)cs1. The Kier molecular flexibility index (Phi) is 4.50. The fourth-order valence-electron chi connectivity index (χ4n) is 2.00. The first-order valence-corrected chi connectivity index (χ1v) is 8.60. The number of thiophene rings is 1. The molecule has 0 bridgehead atoms.